The van der Waals surface area contributed by atoms with Gasteiger partial charge in [0.2, 0.25) is 0 Å². The zero-order valence-electron chi connectivity index (χ0n) is 11.6. The minimum Gasteiger partial charge on any atom is -0.494 e. The van der Waals surface area contributed by atoms with Crippen molar-refractivity contribution >= 4 is 6.29 Å². The Kier molecular flexibility index (Phi) is 4.35. The maximum absolute atomic E-state index is 12.1. The van der Waals surface area contributed by atoms with E-state index in [2.05, 4.69) is 0 Å². The molecule has 0 spiro atoms. The van der Waals surface area contributed by atoms with Crippen LogP contribution in [0, 0.1) is 0 Å². The van der Waals surface area contributed by atoms with Gasteiger partial charge < -0.3 is 9.30 Å². The molecule has 0 saturated carbocycles. The van der Waals surface area contributed by atoms with Crippen LogP contribution in [0.4, 0.5) is 0 Å². The van der Waals surface area contributed by atoms with Crippen molar-refractivity contribution in [2.75, 3.05) is 6.61 Å². The van der Waals surface area contributed by atoms with Gasteiger partial charge in [-0.05, 0) is 38.1 Å². The number of aldehydes is 1. The molecule has 2 aromatic rings. The first kappa shape index (κ1) is 14.1. The van der Waals surface area contributed by atoms with Gasteiger partial charge in [-0.1, -0.05) is 12.1 Å². The molecule has 2 rings (SSSR count). The highest BCUT2D eigenvalue weighted by molar-refractivity contribution is 5.75. The van der Waals surface area contributed by atoms with Crippen LogP contribution in [-0.2, 0) is 6.54 Å². The fraction of sp³-hybridized carbons (Fsp3) is 0.250. The highest BCUT2D eigenvalue weighted by Gasteiger charge is 2.09. The van der Waals surface area contributed by atoms with E-state index in [4.69, 9.17) is 4.74 Å². The van der Waals surface area contributed by atoms with Crippen LogP contribution in [-0.4, -0.2) is 17.5 Å². The number of carbonyl (C=O) groups is 1. The third-order valence-corrected chi connectivity index (χ3v) is 3.09. The van der Waals surface area contributed by atoms with Gasteiger partial charge in [0.05, 0.1) is 17.9 Å². The van der Waals surface area contributed by atoms with Crippen LogP contribution < -0.4 is 10.3 Å². The zero-order chi connectivity index (χ0) is 14.5. The summed E-state index contributed by atoms with van der Waals surface area (Å²) in [7, 11) is 0. The quantitative estimate of drug-likeness (QED) is 0.786. The van der Waals surface area contributed by atoms with E-state index in [1.807, 2.05) is 38.1 Å². The molecule has 0 bridgehead atoms. The molecule has 1 aromatic carbocycles. The summed E-state index contributed by atoms with van der Waals surface area (Å²) >= 11 is 0. The number of carbonyl (C=O) groups excluding carboxylic acids is 1. The summed E-state index contributed by atoms with van der Waals surface area (Å²) in [5.74, 6) is 0.763. The Morgan fingerprint density at radius 3 is 2.65 bits per heavy atom. The summed E-state index contributed by atoms with van der Waals surface area (Å²) in [6.07, 6.45) is 0.592. The topological polar surface area (TPSA) is 48.3 Å². The predicted octanol–water partition coefficient (Wildman–Crippen LogP) is 2.75. The number of pyridine rings is 1. The molecule has 4 nitrogen and oxygen atoms in total. The van der Waals surface area contributed by atoms with E-state index in [-0.39, 0.29) is 11.1 Å². The van der Waals surface area contributed by atoms with Gasteiger partial charge in [-0.25, -0.2) is 0 Å². The van der Waals surface area contributed by atoms with E-state index in [9.17, 15) is 9.59 Å². The van der Waals surface area contributed by atoms with Crippen LogP contribution in [0.5, 0.6) is 5.75 Å². The van der Waals surface area contributed by atoms with Gasteiger partial charge in [0.1, 0.15) is 5.75 Å². The van der Waals surface area contributed by atoms with E-state index in [1.54, 1.807) is 16.7 Å². The molecule has 0 aliphatic rings. The maximum atomic E-state index is 12.1. The van der Waals surface area contributed by atoms with Crippen LogP contribution in [0.2, 0.25) is 0 Å². The Morgan fingerprint density at radius 2 is 2.00 bits per heavy atom. The summed E-state index contributed by atoms with van der Waals surface area (Å²) in [5.41, 5.74) is 1.59. The second kappa shape index (κ2) is 6.19. The Hall–Kier alpha value is -2.36. The third-order valence-electron chi connectivity index (χ3n) is 3.09. The molecule has 0 aliphatic heterocycles. The maximum Gasteiger partial charge on any atom is 0.261 e. The molecular weight excluding hydrogens is 254 g/mol. The molecule has 0 aliphatic carbocycles. The van der Waals surface area contributed by atoms with Gasteiger partial charge in [-0.3, -0.25) is 9.59 Å². The van der Waals surface area contributed by atoms with Crippen molar-refractivity contribution in [3.05, 3.63) is 52.3 Å². The molecule has 4 heteroatoms. The predicted molar refractivity (Wildman–Crippen MR) is 78.4 cm³/mol. The van der Waals surface area contributed by atoms with Crippen molar-refractivity contribution in [2.45, 2.75) is 20.4 Å². The van der Waals surface area contributed by atoms with Gasteiger partial charge in [0, 0.05) is 12.1 Å². The van der Waals surface area contributed by atoms with E-state index in [1.165, 1.54) is 0 Å². The Morgan fingerprint density at radius 1 is 1.20 bits per heavy atom. The lowest BCUT2D eigenvalue weighted by atomic mass is 10.1. The first-order valence-electron chi connectivity index (χ1n) is 6.63. The minimum absolute atomic E-state index is 0.177. The second-order valence-corrected chi connectivity index (χ2v) is 4.30. The van der Waals surface area contributed by atoms with E-state index >= 15 is 0 Å². The number of hydrogen-bond donors (Lipinski definition) is 0. The molecule has 0 saturated heterocycles. The van der Waals surface area contributed by atoms with Crippen molar-refractivity contribution in [1.82, 2.24) is 4.57 Å². The average Bonchev–Trinajstić information content (AvgIpc) is 2.47. The standard InChI is InChI=1S/C16H17NO3/c1-3-17-15(9-8-13(11-18)16(17)19)12-6-5-7-14(10-12)20-4-2/h5-11H,3-4H2,1-2H3. The molecule has 0 atom stereocenters. The van der Waals surface area contributed by atoms with Crippen molar-refractivity contribution in [2.24, 2.45) is 0 Å². The first-order valence-corrected chi connectivity index (χ1v) is 6.63. The summed E-state index contributed by atoms with van der Waals surface area (Å²) in [4.78, 5) is 23.0. The van der Waals surface area contributed by atoms with Gasteiger partial charge in [-0.2, -0.15) is 0 Å². The number of nitrogens with zero attached hydrogens (tertiary/aromatic N) is 1. The normalized spacial score (nSPS) is 10.3. The minimum atomic E-state index is -0.262. The monoisotopic (exact) mass is 271 g/mol. The van der Waals surface area contributed by atoms with E-state index in [0.29, 0.717) is 19.4 Å². The van der Waals surface area contributed by atoms with Crippen LogP contribution in [0.25, 0.3) is 11.3 Å². The lowest BCUT2D eigenvalue weighted by molar-refractivity contribution is 0.112. The third kappa shape index (κ3) is 2.64. The Labute approximate surface area is 117 Å². The summed E-state index contributed by atoms with van der Waals surface area (Å²) < 4.78 is 7.07. The smallest absolute Gasteiger partial charge is 0.261 e. The lowest BCUT2D eigenvalue weighted by Gasteiger charge is -2.12. The molecule has 0 N–H and O–H groups in total. The SMILES string of the molecule is CCOc1cccc(-c2ccc(C=O)c(=O)n2CC)c1. The summed E-state index contributed by atoms with van der Waals surface area (Å²) in [6.45, 7) is 4.90. The summed E-state index contributed by atoms with van der Waals surface area (Å²) in [5, 5.41) is 0. The second-order valence-electron chi connectivity index (χ2n) is 4.30. The molecule has 1 heterocycles. The van der Waals surface area contributed by atoms with Gasteiger partial charge >= 0.3 is 0 Å². The van der Waals surface area contributed by atoms with Crippen LogP contribution in [0.3, 0.4) is 0 Å². The number of benzene rings is 1. The highest BCUT2D eigenvalue weighted by Crippen LogP contribution is 2.23. The largest absolute Gasteiger partial charge is 0.494 e. The van der Waals surface area contributed by atoms with Crippen molar-refractivity contribution in [3.63, 3.8) is 0 Å². The number of hydrogen-bond acceptors (Lipinski definition) is 3. The average molecular weight is 271 g/mol. The van der Waals surface area contributed by atoms with E-state index < -0.39 is 0 Å². The number of aromatic nitrogens is 1. The Bertz CT molecular complexity index is 674. The number of ether oxygens (including phenoxy) is 1. The van der Waals surface area contributed by atoms with Crippen LogP contribution in [0.1, 0.15) is 24.2 Å². The first-order chi connectivity index (χ1) is 9.71. The Balaban J connectivity index is 2.57. The molecule has 104 valence electrons. The van der Waals surface area contributed by atoms with Crippen molar-refractivity contribution in [1.29, 1.82) is 0 Å². The lowest BCUT2D eigenvalue weighted by Crippen LogP contribution is -2.24. The van der Waals surface area contributed by atoms with Gasteiger partial charge in [0.25, 0.3) is 5.56 Å². The van der Waals surface area contributed by atoms with Crippen molar-refractivity contribution in [3.8, 4) is 17.0 Å². The molecule has 20 heavy (non-hydrogen) atoms. The van der Waals surface area contributed by atoms with Crippen LogP contribution >= 0.6 is 0 Å². The molecular formula is C16H17NO3. The van der Waals surface area contributed by atoms with Gasteiger partial charge in [0.15, 0.2) is 6.29 Å². The highest BCUT2D eigenvalue weighted by atomic mass is 16.5. The molecule has 0 amide bonds. The van der Waals surface area contributed by atoms with Crippen molar-refractivity contribution < 1.29 is 9.53 Å². The molecule has 0 fully saturated rings. The molecule has 0 radical (unpaired) electrons. The summed E-state index contributed by atoms with van der Waals surface area (Å²) in [6, 6.07) is 10.9. The molecule has 0 unspecified atom stereocenters. The van der Waals surface area contributed by atoms with Crippen LogP contribution in [0.15, 0.2) is 41.2 Å². The van der Waals surface area contributed by atoms with Gasteiger partial charge in [-0.15, -0.1) is 0 Å². The van der Waals surface area contributed by atoms with E-state index in [0.717, 1.165) is 17.0 Å². The molecule has 1 aromatic heterocycles. The fourth-order valence-electron chi connectivity index (χ4n) is 2.16. The zero-order valence-corrected chi connectivity index (χ0v) is 11.6. The number of rotatable bonds is 5. The fourth-order valence-corrected chi connectivity index (χ4v) is 2.16.